The number of sulfonamides is 1. The summed E-state index contributed by atoms with van der Waals surface area (Å²) in [6, 6.07) is 13.9. The Labute approximate surface area is 267 Å². The minimum atomic E-state index is -3.65. The Morgan fingerprint density at radius 1 is 1.11 bits per heavy atom. The number of fused-ring (bicyclic) bond motifs is 1. The number of anilines is 1. The minimum absolute atomic E-state index is 0.214. The second kappa shape index (κ2) is 13.6. The molecule has 1 saturated heterocycles. The Hall–Kier alpha value is -3.97. The number of pyridine rings is 1. The molecular weight excluding hydrogens is 620 g/mol. The molecule has 0 radical (unpaired) electrons. The molecule has 2 aromatic carbocycles. The monoisotopic (exact) mass is 654 g/mol. The Bertz CT molecular complexity index is 1700. The molecule has 2 N–H and O–H groups in total. The SMILES string of the molecule is CC(C)(C)OC(=O)Nc1ccc(CNC(=O)C=CC2Cc3cc(-c4cccc(S(=O)(=O)N5CCOCC5)c4)cc(Cl)c3O2)cn1. The van der Waals surface area contributed by atoms with Crippen molar-refractivity contribution in [3.05, 3.63) is 83.0 Å². The molecule has 2 aliphatic rings. The quantitative estimate of drug-likeness (QED) is 0.326. The van der Waals surface area contributed by atoms with Crippen molar-refractivity contribution in [2.24, 2.45) is 0 Å². The van der Waals surface area contributed by atoms with E-state index in [-0.39, 0.29) is 17.3 Å². The molecule has 2 aliphatic heterocycles. The number of rotatable bonds is 8. The number of carbonyl (C=O) groups excluding carboxylic acids is 2. The van der Waals surface area contributed by atoms with Crippen LogP contribution < -0.4 is 15.4 Å². The van der Waals surface area contributed by atoms with Crippen LogP contribution >= 0.6 is 11.6 Å². The first-order valence-corrected chi connectivity index (χ1v) is 16.3. The molecule has 45 heavy (non-hydrogen) atoms. The van der Waals surface area contributed by atoms with Crippen LogP contribution in [0.3, 0.4) is 0 Å². The van der Waals surface area contributed by atoms with Gasteiger partial charge in [0.05, 0.1) is 23.1 Å². The normalized spacial score (nSPS) is 17.0. The Morgan fingerprint density at radius 2 is 1.89 bits per heavy atom. The third kappa shape index (κ3) is 8.40. The molecule has 1 aromatic heterocycles. The van der Waals surface area contributed by atoms with Crippen molar-refractivity contribution in [2.75, 3.05) is 31.6 Å². The van der Waals surface area contributed by atoms with Gasteiger partial charge in [-0.2, -0.15) is 4.31 Å². The van der Waals surface area contributed by atoms with Crippen molar-refractivity contribution in [1.29, 1.82) is 0 Å². The van der Waals surface area contributed by atoms with Crippen LogP contribution in [-0.4, -0.2) is 67.7 Å². The number of amides is 2. The van der Waals surface area contributed by atoms with Gasteiger partial charge in [-0.15, -0.1) is 0 Å². The number of morpholine rings is 1. The molecule has 1 unspecified atom stereocenters. The zero-order valence-electron chi connectivity index (χ0n) is 25.2. The summed E-state index contributed by atoms with van der Waals surface area (Å²) in [6.45, 7) is 6.95. The van der Waals surface area contributed by atoms with Crippen LogP contribution in [-0.2, 0) is 37.3 Å². The molecule has 238 valence electrons. The molecule has 0 saturated carbocycles. The van der Waals surface area contributed by atoms with Gasteiger partial charge in [0.15, 0.2) is 0 Å². The Balaban J connectivity index is 1.17. The van der Waals surface area contributed by atoms with E-state index in [1.54, 1.807) is 69.4 Å². The maximum Gasteiger partial charge on any atom is 0.413 e. The topological polar surface area (TPSA) is 136 Å². The number of carbonyl (C=O) groups is 2. The number of hydrogen-bond acceptors (Lipinski definition) is 8. The highest BCUT2D eigenvalue weighted by atomic mass is 35.5. The second-order valence-corrected chi connectivity index (χ2v) is 14.0. The fraction of sp³-hybridized carbons (Fsp3) is 0.344. The van der Waals surface area contributed by atoms with Crippen molar-refractivity contribution in [2.45, 2.75) is 50.3 Å². The van der Waals surface area contributed by atoms with Crippen LogP contribution in [0.15, 0.2) is 71.8 Å². The maximum atomic E-state index is 13.2. The first kappa shape index (κ1) is 32.4. The van der Waals surface area contributed by atoms with Gasteiger partial charge in [-0.05, 0) is 73.9 Å². The second-order valence-electron chi connectivity index (χ2n) is 11.6. The van der Waals surface area contributed by atoms with E-state index in [2.05, 4.69) is 15.6 Å². The molecule has 1 atom stereocenters. The molecule has 3 aromatic rings. The van der Waals surface area contributed by atoms with E-state index in [1.165, 1.54) is 10.4 Å². The van der Waals surface area contributed by atoms with Gasteiger partial charge in [-0.25, -0.2) is 18.2 Å². The predicted octanol–water partition coefficient (Wildman–Crippen LogP) is 4.95. The smallest absolute Gasteiger partial charge is 0.413 e. The van der Waals surface area contributed by atoms with Crippen molar-refractivity contribution < 1.29 is 32.2 Å². The molecule has 11 nitrogen and oxygen atoms in total. The van der Waals surface area contributed by atoms with Gasteiger partial charge in [0.2, 0.25) is 15.9 Å². The highest BCUT2D eigenvalue weighted by molar-refractivity contribution is 7.89. The molecule has 0 bridgehead atoms. The number of nitrogens with one attached hydrogen (secondary N) is 2. The highest BCUT2D eigenvalue weighted by Gasteiger charge is 2.28. The Kier molecular flexibility index (Phi) is 9.78. The van der Waals surface area contributed by atoms with Gasteiger partial charge < -0.3 is 19.5 Å². The van der Waals surface area contributed by atoms with E-state index in [9.17, 15) is 18.0 Å². The molecular formula is C32H35ClN4O7S. The summed E-state index contributed by atoms with van der Waals surface area (Å²) in [4.78, 5) is 28.8. The van der Waals surface area contributed by atoms with Crippen molar-refractivity contribution in [1.82, 2.24) is 14.6 Å². The van der Waals surface area contributed by atoms with Gasteiger partial charge in [0.1, 0.15) is 23.3 Å². The van der Waals surface area contributed by atoms with Gasteiger partial charge in [-0.3, -0.25) is 10.1 Å². The molecule has 2 amide bonds. The van der Waals surface area contributed by atoms with Crippen LogP contribution in [0.25, 0.3) is 11.1 Å². The lowest BCUT2D eigenvalue weighted by molar-refractivity contribution is -0.116. The number of aromatic nitrogens is 1. The summed E-state index contributed by atoms with van der Waals surface area (Å²) in [5.74, 6) is 0.569. The van der Waals surface area contributed by atoms with Gasteiger partial charge in [0.25, 0.3) is 0 Å². The molecule has 0 spiro atoms. The average Bonchev–Trinajstić information content (AvgIpc) is 3.43. The summed E-state index contributed by atoms with van der Waals surface area (Å²) in [6.07, 6.45) is 4.14. The van der Waals surface area contributed by atoms with E-state index < -0.39 is 27.8 Å². The van der Waals surface area contributed by atoms with Crippen molar-refractivity contribution >= 4 is 39.4 Å². The van der Waals surface area contributed by atoms with E-state index >= 15 is 0 Å². The van der Waals surface area contributed by atoms with Crippen LogP contribution in [0.5, 0.6) is 5.75 Å². The van der Waals surface area contributed by atoms with Crippen LogP contribution in [0.4, 0.5) is 10.6 Å². The summed E-state index contributed by atoms with van der Waals surface area (Å²) in [5, 5.41) is 5.77. The number of hydrogen-bond donors (Lipinski definition) is 2. The van der Waals surface area contributed by atoms with Gasteiger partial charge in [0, 0.05) is 43.9 Å². The predicted molar refractivity (Wildman–Crippen MR) is 170 cm³/mol. The average molecular weight is 655 g/mol. The lowest BCUT2D eigenvalue weighted by atomic mass is 10.0. The summed E-state index contributed by atoms with van der Waals surface area (Å²) in [5.41, 5.74) is 2.48. The molecule has 0 aliphatic carbocycles. The summed E-state index contributed by atoms with van der Waals surface area (Å²) < 4.78 is 44.3. The van der Waals surface area contributed by atoms with Gasteiger partial charge >= 0.3 is 6.09 Å². The van der Waals surface area contributed by atoms with Crippen LogP contribution in [0, 0.1) is 0 Å². The first-order valence-electron chi connectivity index (χ1n) is 14.5. The fourth-order valence-electron chi connectivity index (χ4n) is 4.84. The first-order chi connectivity index (χ1) is 21.4. The summed E-state index contributed by atoms with van der Waals surface area (Å²) in [7, 11) is -3.65. The maximum absolute atomic E-state index is 13.2. The molecule has 1 fully saturated rings. The zero-order valence-corrected chi connectivity index (χ0v) is 26.8. The van der Waals surface area contributed by atoms with Crippen molar-refractivity contribution in [3.8, 4) is 16.9 Å². The number of ether oxygens (including phenoxy) is 3. The minimum Gasteiger partial charge on any atom is -0.484 e. The number of nitrogens with zero attached hydrogens (tertiary/aromatic N) is 2. The third-order valence-corrected chi connectivity index (χ3v) is 9.14. The standard InChI is InChI=1S/C32H35ClN4O7S/c1-32(2,3)44-31(39)36-28-9-7-21(19-34-28)20-35-29(38)10-8-25-16-24-15-23(18-27(33)30(24)43-25)22-5-4-6-26(17-22)45(40,41)37-11-13-42-14-12-37/h4-10,15,17-19,25H,11-14,16,20H2,1-3H3,(H,35,38)(H,34,36,39). The Morgan fingerprint density at radius 3 is 2.60 bits per heavy atom. The largest absolute Gasteiger partial charge is 0.484 e. The molecule has 5 rings (SSSR count). The number of halogens is 1. The van der Waals surface area contributed by atoms with Crippen molar-refractivity contribution in [3.63, 3.8) is 0 Å². The van der Waals surface area contributed by atoms with Crippen LogP contribution in [0.1, 0.15) is 31.9 Å². The van der Waals surface area contributed by atoms with E-state index in [0.717, 1.165) is 22.3 Å². The van der Waals surface area contributed by atoms with Crippen LogP contribution in [0.2, 0.25) is 5.02 Å². The van der Waals surface area contributed by atoms with E-state index in [4.69, 9.17) is 25.8 Å². The third-order valence-electron chi connectivity index (χ3n) is 6.97. The lowest BCUT2D eigenvalue weighted by Crippen LogP contribution is -2.40. The van der Waals surface area contributed by atoms with E-state index in [1.807, 2.05) is 12.1 Å². The molecule has 3 heterocycles. The van der Waals surface area contributed by atoms with E-state index in [0.29, 0.717) is 49.3 Å². The zero-order chi connectivity index (χ0) is 32.2. The highest BCUT2D eigenvalue weighted by Crippen LogP contribution is 2.40. The van der Waals surface area contributed by atoms with Gasteiger partial charge in [-0.1, -0.05) is 29.8 Å². The number of benzene rings is 2. The lowest BCUT2D eigenvalue weighted by Gasteiger charge is -2.26. The molecule has 13 heteroatoms. The fourth-order valence-corrected chi connectivity index (χ4v) is 6.58. The summed E-state index contributed by atoms with van der Waals surface area (Å²) >= 11 is 6.58.